The lowest BCUT2D eigenvalue weighted by molar-refractivity contribution is 0.136. The van der Waals surface area contributed by atoms with E-state index in [1.54, 1.807) is 7.05 Å². The lowest BCUT2D eigenvalue weighted by atomic mass is 10.1. The molecule has 7 heteroatoms. The molecule has 27 heavy (non-hydrogen) atoms. The third-order valence-corrected chi connectivity index (χ3v) is 4.67. The number of fused-ring (bicyclic) bond motifs is 1. The summed E-state index contributed by atoms with van der Waals surface area (Å²) in [5.74, 6) is 0.751. The Bertz CT molecular complexity index is 1080. The summed E-state index contributed by atoms with van der Waals surface area (Å²) in [5.41, 5.74) is 2.41. The molecule has 0 N–H and O–H groups in total. The van der Waals surface area contributed by atoms with E-state index in [4.69, 9.17) is 4.74 Å². The minimum atomic E-state index is -0.374. The van der Waals surface area contributed by atoms with E-state index < -0.39 is 0 Å². The molecule has 3 aromatic rings. The number of hydrogen-bond acceptors (Lipinski definition) is 4. The lowest BCUT2D eigenvalue weighted by Crippen LogP contribution is -2.37. The maximum Gasteiger partial charge on any atom is 0.332 e. The third-order valence-electron chi connectivity index (χ3n) is 4.67. The molecule has 0 saturated heterocycles. The topological polar surface area (TPSA) is 71.1 Å². The average molecular weight is 370 g/mol. The minimum absolute atomic E-state index is 0.325. The van der Waals surface area contributed by atoms with E-state index in [-0.39, 0.29) is 11.2 Å². The van der Waals surface area contributed by atoms with Crippen molar-refractivity contribution < 1.29 is 4.74 Å². The highest BCUT2D eigenvalue weighted by atomic mass is 16.5. The van der Waals surface area contributed by atoms with Crippen LogP contribution in [-0.2, 0) is 31.8 Å². The standard InChI is InChI=1S/C20H26N4O3/c1-5-10-27-11-9-16-21-18-17(19(25)23(4)20(26)22(18)3)24(16)13-15-8-6-7-14(2)12-15/h6-8,12H,5,9-11,13H2,1-4H3. The average Bonchev–Trinajstić information content (AvgIpc) is 3.00. The van der Waals surface area contributed by atoms with Gasteiger partial charge in [-0.25, -0.2) is 9.78 Å². The van der Waals surface area contributed by atoms with Gasteiger partial charge < -0.3 is 9.30 Å². The first-order valence-corrected chi connectivity index (χ1v) is 9.22. The monoisotopic (exact) mass is 370 g/mol. The summed E-state index contributed by atoms with van der Waals surface area (Å²) in [6.45, 7) is 5.84. The molecule has 0 fully saturated rings. The first kappa shape index (κ1) is 19.1. The second kappa shape index (κ2) is 7.92. The minimum Gasteiger partial charge on any atom is -0.381 e. The number of rotatable bonds is 7. The molecule has 0 aliphatic heterocycles. The van der Waals surface area contributed by atoms with Crippen molar-refractivity contribution in [2.75, 3.05) is 13.2 Å². The molecule has 0 unspecified atom stereocenters. The molecule has 7 nitrogen and oxygen atoms in total. The van der Waals surface area contributed by atoms with Crippen molar-refractivity contribution >= 4 is 11.2 Å². The Hall–Kier alpha value is -2.67. The normalized spacial score (nSPS) is 11.4. The molecule has 3 rings (SSSR count). The van der Waals surface area contributed by atoms with Crippen LogP contribution in [0.4, 0.5) is 0 Å². The van der Waals surface area contributed by atoms with Crippen LogP contribution in [0.1, 0.15) is 30.3 Å². The molecule has 2 heterocycles. The van der Waals surface area contributed by atoms with Gasteiger partial charge in [-0.1, -0.05) is 36.8 Å². The van der Waals surface area contributed by atoms with Crippen molar-refractivity contribution in [2.24, 2.45) is 14.1 Å². The van der Waals surface area contributed by atoms with Gasteiger partial charge in [0.05, 0.1) is 6.61 Å². The van der Waals surface area contributed by atoms with Crippen molar-refractivity contribution in [3.63, 3.8) is 0 Å². The zero-order valence-corrected chi connectivity index (χ0v) is 16.4. The maximum atomic E-state index is 12.8. The molecule has 0 atom stereocenters. The molecule has 1 aromatic carbocycles. The Morgan fingerprint density at radius 1 is 1.11 bits per heavy atom. The largest absolute Gasteiger partial charge is 0.381 e. The van der Waals surface area contributed by atoms with Crippen LogP contribution >= 0.6 is 0 Å². The highest BCUT2D eigenvalue weighted by Gasteiger charge is 2.19. The van der Waals surface area contributed by atoms with Crippen molar-refractivity contribution in [1.82, 2.24) is 18.7 Å². The van der Waals surface area contributed by atoms with Gasteiger partial charge in [0.1, 0.15) is 5.82 Å². The van der Waals surface area contributed by atoms with Crippen LogP contribution in [0.3, 0.4) is 0 Å². The summed E-state index contributed by atoms with van der Waals surface area (Å²) in [4.78, 5) is 29.7. The van der Waals surface area contributed by atoms with Crippen LogP contribution in [0.5, 0.6) is 0 Å². The van der Waals surface area contributed by atoms with E-state index >= 15 is 0 Å². The fourth-order valence-electron chi connectivity index (χ4n) is 3.26. The molecule has 2 aromatic heterocycles. The number of benzene rings is 1. The molecule has 0 saturated carbocycles. The van der Waals surface area contributed by atoms with Crippen molar-refractivity contribution in [1.29, 1.82) is 0 Å². The summed E-state index contributed by atoms with van der Waals surface area (Å²) >= 11 is 0. The van der Waals surface area contributed by atoms with Crippen LogP contribution in [0.15, 0.2) is 33.9 Å². The fourth-order valence-corrected chi connectivity index (χ4v) is 3.26. The molecular weight excluding hydrogens is 344 g/mol. The second-order valence-corrected chi connectivity index (χ2v) is 6.84. The van der Waals surface area contributed by atoms with Gasteiger partial charge in [0, 0.05) is 33.7 Å². The van der Waals surface area contributed by atoms with E-state index in [0.29, 0.717) is 37.3 Å². The molecule has 0 spiro atoms. The lowest BCUT2D eigenvalue weighted by Gasteiger charge is -2.11. The van der Waals surface area contributed by atoms with Gasteiger partial charge in [0.15, 0.2) is 11.2 Å². The molecule has 0 aliphatic carbocycles. The quantitative estimate of drug-likeness (QED) is 0.594. The van der Waals surface area contributed by atoms with E-state index in [9.17, 15) is 9.59 Å². The Morgan fingerprint density at radius 2 is 1.89 bits per heavy atom. The highest BCUT2D eigenvalue weighted by Crippen LogP contribution is 2.15. The van der Waals surface area contributed by atoms with Crippen LogP contribution in [-0.4, -0.2) is 31.9 Å². The first-order chi connectivity index (χ1) is 12.9. The zero-order chi connectivity index (χ0) is 19.6. The Labute approximate surface area is 157 Å². The van der Waals surface area contributed by atoms with Gasteiger partial charge in [-0.3, -0.25) is 13.9 Å². The van der Waals surface area contributed by atoms with E-state index in [0.717, 1.165) is 27.9 Å². The van der Waals surface area contributed by atoms with Crippen molar-refractivity contribution in [3.05, 3.63) is 62.1 Å². The SMILES string of the molecule is CCCOCCc1nc2c(c(=O)n(C)c(=O)n2C)n1Cc1cccc(C)c1. The summed E-state index contributed by atoms with van der Waals surface area (Å²) in [5, 5.41) is 0. The number of imidazole rings is 1. The summed E-state index contributed by atoms with van der Waals surface area (Å²) in [6.07, 6.45) is 1.53. The second-order valence-electron chi connectivity index (χ2n) is 6.84. The smallest absolute Gasteiger partial charge is 0.332 e. The number of nitrogens with zero attached hydrogens (tertiary/aromatic N) is 4. The molecule has 0 bridgehead atoms. The van der Waals surface area contributed by atoms with Crippen molar-refractivity contribution in [3.8, 4) is 0 Å². The number of hydrogen-bond donors (Lipinski definition) is 0. The Morgan fingerprint density at radius 3 is 2.59 bits per heavy atom. The van der Waals surface area contributed by atoms with Gasteiger partial charge in [0.25, 0.3) is 5.56 Å². The molecule has 0 radical (unpaired) electrons. The summed E-state index contributed by atoms with van der Waals surface area (Å²) in [7, 11) is 3.14. The van der Waals surface area contributed by atoms with Gasteiger partial charge in [-0.2, -0.15) is 0 Å². The van der Waals surface area contributed by atoms with E-state index in [2.05, 4.69) is 18.0 Å². The van der Waals surface area contributed by atoms with E-state index in [1.165, 1.54) is 11.6 Å². The van der Waals surface area contributed by atoms with Gasteiger partial charge in [-0.15, -0.1) is 0 Å². The molecular formula is C20H26N4O3. The fraction of sp³-hybridized carbons (Fsp3) is 0.450. The first-order valence-electron chi connectivity index (χ1n) is 9.22. The van der Waals surface area contributed by atoms with Crippen LogP contribution in [0.25, 0.3) is 11.2 Å². The Balaban J connectivity index is 2.14. The number of ether oxygens (including phenoxy) is 1. The zero-order valence-electron chi connectivity index (χ0n) is 16.4. The molecule has 144 valence electrons. The predicted octanol–water partition coefficient (Wildman–Crippen LogP) is 1.76. The Kier molecular flexibility index (Phi) is 5.60. The maximum absolute atomic E-state index is 12.8. The van der Waals surface area contributed by atoms with Gasteiger partial charge in [-0.05, 0) is 18.9 Å². The molecule has 0 amide bonds. The summed E-state index contributed by atoms with van der Waals surface area (Å²) in [6, 6.07) is 8.16. The van der Waals surface area contributed by atoms with Crippen LogP contribution in [0.2, 0.25) is 0 Å². The summed E-state index contributed by atoms with van der Waals surface area (Å²) < 4.78 is 10.1. The van der Waals surface area contributed by atoms with Crippen LogP contribution < -0.4 is 11.2 Å². The van der Waals surface area contributed by atoms with Gasteiger partial charge >= 0.3 is 5.69 Å². The van der Waals surface area contributed by atoms with Gasteiger partial charge in [0.2, 0.25) is 0 Å². The highest BCUT2D eigenvalue weighted by molar-refractivity contribution is 5.71. The molecule has 0 aliphatic rings. The van der Waals surface area contributed by atoms with E-state index in [1.807, 2.05) is 29.7 Å². The number of aryl methyl sites for hydroxylation is 2. The predicted molar refractivity (Wildman–Crippen MR) is 105 cm³/mol. The number of aromatic nitrogens is 4. The van der Waals surface area contributed by atoms with Crippen molar-refractivity contribution in [2.45, 2.75) is 33.2 Å². The third kappa shape index (κ3) is 3.73. The van der Waals surface area contributed by atoms with Crippen LogP contribution in [0, 0.1) is 6.92 Å².